The van der Waals surface area contributed by atoms with E-state index in [0.29, 0.717) is 19.5 Å². The standard InChI is InChI=1S/C21H25F2N5O3.10CH4/c1-21(2,3)31-20(30)28-6-5-16(12-28)27(4)19(29)26-18-11-24-17(10-25-18)13-7-14(22)9-15(23)8-13;;;;;;;;;;/h7-11,16H,5-6,12H2,1-4H3,(H,25,26,29);10*1H4. The van der Waals surface area contributed by atoms with E-state index in [-0.39, 0.29) is 97.4 Å². The van der Waals surface area contributed by atoms with E-state index in [1.165, 1.54) is 17.3 Å². The van der Waals surface area contributed by atoms with Crippen LogP contribution in [0.2, 0.25) is 0 Å². The van der Waals surface area contributed by atoms with Gasteiger partial charge < -0.3 is 14.5 Å². The monoisotopic (exact) mass is 594 g/mol. The fourth-order valence-electron chi connectivity index (χ4n) is 3.16. The van der Waals surface area contributed by atoms with Crippen LogP contribution in [-0.4, -0.2) is 63.7 Å². The van der Waals surface area contributed by atoms with Crippen LogP contribution in [0.15, 0.2) is 30.6 Å². The minimum atomic E-state index is -0.715. The molecule has 0 bridgehead atoms. The normalized spacial score (nSPS) is 12.2. The van der Waals surface area contributed by atoms with Gasteiger partial charge >= 0.3 is 12.1 Å². The maximum Gasteiger partial charge on any atom is 0.410 e. The summed E-state index contributed by atoms with van der Waals surface area (Å²) >= 11 is 0. The first-order valence-corrected chi connectivity index (χ1v) is 9.82. The maximum atomic E-state index is 13.4. The number of halogens is 2. The van der Waals surface area contributed by atoms with E-state index in [2.05, 4.69) is 15.3 Å². The van der Waals surface area contributed by atoms with Gasteiger partial charge in [-0.05, 0) is 39.3 Å². The molecule has 1 unspecified atom stereocenters. The van der Waals surface area contributed by atoms with Crippen LogP contribution in [0.1, 0.15) is 101 Å². The highest BCUT2D eigenvalue weighted by Gasteiger charge is 2.33. The maximum absolute atomic E-state index is 13.4. The number of carbonyl (C=O) groups excluding carboxylic acids is 2. The Morgan fingerprint density at radius 1 is 0.902 bits per heavy atom. The molecule has 3 amide bonds. The summed E-state index contributed by atoms with van der Waals surface area (Å²) in [6.45, 7) is 6.27. The van der Waals surface area contributed by atoms with Crippen molar-refractivity contribution in [3.8, 4) is 11.3 Å². The number of aromatic nitrogens is 2. The summed E-state index contributed by atoms with van der Waals surface area (Å²) in [5.41, 5.74) is -0.0673. The molecule has 0 saturated carbocycles. The lowest BCUT2D eigenvalue weighted by molar-refractivity contribution is 0.0285. The number of hydrogen-bond donors (Lipinski definition) is 1. The van der Waals surface area contributed by atoms with Crippen LogP contribution in [0.3, 0.4) is 0 Å². The lowest BCUT2D eigenvalue weighted by Crippen LogP contribution is -2.43. The second-order valence-electron chi connectivity index (χ2n) is 8.35. The molecule has 0 radical (unpaired) electrons. The number of rotatable bonds is 3. The summed E-state index contributed by atoms with van der Waals surface area (Å²) in [5, 5.41) is 2.63. The fourth-order valence-corrected chi connectivity index (χ4v) is 3.16. The van der Waals surface area contributed by atoms with Crippen LogP contribution in [0, 0.1) is 11.6 Å². The summed E-state index contributed by atoms with van der Waals surface area (Å²) in [4.78, 5) is 36.0. The van der Waals surface area contributed by atoms with Gasteiger partial charge in [-0.15, -0.1) is 0 Å². The van der Waals surface area contributed by atoms with E-state index in [0.717, 1.165) is 18.2 Å². The van der Waals surface area contributed by atoms with Gasteiger partial charge in [0.2, 0.25) is 0 Å². The van der Waals surface area contributed by atoms with Crippen molar-refractivity contribution in [2.45, 2.75) is 113 Å². The summed E-state index contributed by atoms with van der Waals surface area (Å²) in [6.07, 6.45) is 2.85. The van der Waals surface area contributed by atoms with Crippen LogP contribution in [0.25, 0.3) is 11.3 Å². The van der Waals surface area contributed by atoms with E-state index in [4.69, 9.17) is 4.74 Å². The molecule has 0 aliphatic carbocycles. The second kappa shape index (κ2) is 23.4. The number of amides is 3. The quantitative estimate of drug-likeness (QED) is 0.382. The molecule has 1 atom stereocenters. The van der Waals surface area contributed by atoms with E-state index < -0.39 is 29.4 Å². The van der Waals surface area contributed by atoms with Crippen LogP contribution in [0.5, 0.6) is 0 Å². The predicted octanol–water partition coefficient (Wildman–Crippen LogP) is 10.3. The molecule has 2 heterocycles. The molecule has 0 spiro atoms. The number of ether oxygens (including phenoxy) is 1. The van der Waals surface area contributed by atoms with Crippen molar-refractivity contribution in [2.75, 3.05) is 25.5 Å². The molecule has 41 heavy (non-hydrogen) atoms. The van der Waals surface area contributed by atoms with Crippen molar-refractivity contribution < 1.29 is 23.1 Å². The number of anilines is 1. The summed E-state index contributed by atoms with van der Waals surface area (Å²) in [5.74, 6) is -1.24. The van der Waals surface area contributed by atoms with Crippen molar-refractivity contribution in [1.29, 1.82) is 0 Å². The number of nitrogens with zero attached hydrogens (tertiary/aromatic N) is 4. The molecule has 1 fully saturated rings. The van der Waals surface area contributed by atoms with Gasteiger partial charge in [0.25, 0.3) is 0 Å². The van der Waals surface area contributed by atoms with Gasteiger partial charge in [0, 0.05) is 31.8 Å². The van der Waals surface area contributed by atoms with Gasteiger partial charge in [-0.25, -0.2) is 23.4 Å². The minimum Gasteiger partial charge on any atom is -0.444 e. The number of nitrogens with one attached hydrogen (secondary N) is 1. The number of benzene rings is 1. The van der Waals surface area contributed by atoms with Crippen molar-refractivity contribution in [3.63, 3.8) is 0 Å². The SMILES string of the molecule is C.C.C.C.C.C.C.C.C.C.CN(C(=O)Nc1cnc(-c2cc(F)cc(F)c2)cn1)C1CCN(C(=O)OC(C)(C)C)C1. The Bertz CT molecular complexity index is 947. The van der Waals surface area contributed by atoms with Gasteiger partial charge in [-0.1, -0.05) is 74.3 Å². The Morgan fingerprint density at radius 3 is 1.85 bits per heavy atom. The zero-order chi connectivity index (χ0) is 22.8. The third kappa shape index (κ3) is 15.9. The van der Waals surface area contributed by atoms with E-state index in [1.807, 2.05) is 0 Å². The van der Waals surface area contributed by atoms with E-state index in [1.54, 1.807) is 32.7 Å². The van der Waals surface area contributed by atoms with E-state index in [9.17, 15) is 18.4 Å². The lowest BCUT2D eigenvalue weighted by Gasteiger charge is -2.26. The molecule has 2 aromatic rings. The van der Waals surface area contributed by atoms with E-state index >= 15 is 0 Å². The van der Waals surface area contributed by atoms with Gasteiger partial charge in [0.1, 0.15) is 17.2 Å². The van der Waals surface area contributed by atoms with Crippen molar-refractivity contribution in [1.82, 2.24) is 19.8 Å². The van der Waals surface area contributed by atoms with Gasteiger partial charge in [0.15, 0.2) is 5.82 Å². The summed E-state index contributed by atoms with van der Waals surface area (Å²) < 4.78 is 32.1. The summed E-state index contributed by atoms with van der Waals surface area (Å²) in [7, 11) is 1.63. The number of urea groups is 1. The van der Waals surface area contributed by atoms with Crippen LogP contribution in [0.4, 0.5) is 24.2 Å². The number of carbonyl (C=O) groups is 2. The van der Waals surface area contributed by atoms with Gasteiger partial charge in [-0.2, -0.15) is 0 Å². The molecular formula is C31H65F2N5O3. The van der Waals surface area contributed by atoms with Crippen LogP contribution >= 0.6 is 0 Å². The zero-order valence-corrected chi connectivity index (χ0v) is 17.9. The highest BCUT2D eigenvalue weighted by atomic mass is 19.1. The molecule has 3 rings (SSSR count). The number of likely N-dealkylation sites (tertiary alicyclic amines) is 1. The topological polar surface area (TPSA) is 87.7 Å². The average Bonchev–Trinajstić information content (AvgIpc) is 3.16. The van der Waals surface area contributed by atoms with Crippen LogP contribution in [-0.2, 0) is 4.74 Å². The van der Waals surface area contributed by atoms with Crippen molar-refractivity contribution >= 4 is 17.9 Å². The Hall–Kier alpha value is -3.30. The number of hydrogen-bond acceptors (Lipinski definition) is 5. The third-order valence-corrected chi connectivity index (χ3v) is 4.73. The predicted molar refractivity (Wildman–Crippen MR) is 178 cm³/mol. The molecule has 1 saturated heterocycles. The molecule has 246 valence electrons. The van der Waals surface area contributed by atoms with Crippen molar-refractivity contribution in [2.24, 2.45) is 0 Å². The first-order valence-electron chi connectivity index (χ1n) is 9.82. The third-order valence-electron chi connectivity index (χ3n) is 4.73. The molecule has 10 heteroatoms. The van der Waals surface area contributed by atoms with Crippen molar-refractivity contribution in [3.05, 3.63) is 42.2 Å². The smallest absolute Gasteiger partial charge is 0.410 e. The summed E-state index contributed by atoms with van der Waals surface area (Å²) in [6, 6.07) is 2.49. The zero-order valence-electron chi connectivity index (χ0n) is 17.9. The average molecular weight is 594 g/mol. The molecule has 1 aromatic carbocycles. The molecule has 1 aliphatic heterocycles. The first-order chi connectivity index (χ1) is 14.5. The Labute approximate surface area is 252 Å². The highest BCUT2D eigenvalue weighted by molar-refractivity contribution is 5.88. The minimum absolute atomic E-state index is 0. The molecule has 8 nitrogen and oxygen atoms in total. The molecular weight excluding hydrogens is 528 g/mol. The van der Waals surface area contributed by atoms with Crippen LogP contribution < -0.4 is 5.32 Å². The molecule has 1 aliphatic rings. The molecule has 1 N–H and O–H groups in total. The van der Waals surface area contributed by atoms with Gasteiger partial charge in [-0.3, -0.25) is 10.3 Å². The largest absolute Gasteiger partial charge is 0.444 e. The Balaban J connectivity index is -0.000000181. The first kappa shape index (κ1) is 57.6. The Morgan fingerprint density at radius 2 is 1.41 bits per heavy atom. The Kier molecular flexibility index (Phi) is 32.9. The van der Waals surface area contributed by atoms with Gasteiger partial charge in [0.05, 0.1) is 24.1 Å². The number of likely N-dealkylation sites (N-methyl/N-ethyl adjacent to an activating group) is 1. The second-order valence-corrected chi connectivity index (χ2v) is 8.35. The lowest BCUT2D eigenvalue weighted by atomic mass is 10.1. The molecule has 1 aromatic heterocycles. The highest BCUT2D eigenvalue weighted by Crippen LogP contribution is 2.21. The fraction of sp³-hybridized carbons (Fsp3) is 0.613.